The zero-order chi connectivity index (χ0) is 20.1. The number of halogens is 3. The van der Waals surface area contributed by atoms with E-state index in [0.717, 1.165) is 0 Å². The summed E-state index contributed by atoms with van der Waals surface area (Å²) >= 11 is 12.0. The Morgan fingerprint density at radius 2 is 1.75 bits per heavy atom. The van der Waals surface area contributed by atoms with Crippen LogP contribution in [0.4, 0.5) is 4.39 Å². The lowest BCUT2D eigenvalue weighted by atomic mass is 10.1. The van der Waals surface area contributed by atoms with Crippen molar-refractivity contribution in [2.75, 3.05) is 32.7 Å². The van der Waals surface area contributed by atoms with Gasteiger partial charge in [0.15, 0.2) is 0 Å². The fraction of sp³-hybridized carbons (Fsp3) is 0.300. The molecule has 0 aliphatic carbocycles. The summed E-state index contributed by atoms with van der Waals surface area (Å²) in [4.78, 5) is 28.4. The largest absolute Gasteiger partial charge is 0.351 e. The van der Waals surface area contributed by atoms with Gasteiger partial charge in [-0.3, -0.25) is 14.5 Å². The summed E-state index contributed by atoms with van der Waals surface area (Å²) in [7, 11) is 0. The maximum absolute atomic E-state index is 13.6. The molecule has 2 amide bonds. The molecule has 5 nitrogen and oxygen atoms in total. The van der Waals surface area contributed by atoms with E-state index < -0.39 is 0 Å². The van der Waals surface area contributed by atoms with Gasteiger partial charge in [-0.1, -0.05) is 41.4 Å². The van der Waals surface area contributed by atoms with Crippen LogP contribution in [0.3, 0.4) is 0 Å². The van der Waals surface area contributed by atoms with Crippen molar-refractivity contribution in [1.82, 2.24) is 15.1 Å². The highest BCUT2D eigenvalue weighted by Gasteiger charge is 2.24. The van der Waals surface area contributed by atoms with E-state index in [1.165, 1.54) is 6.07 Å². The predicted molar refractivity (Wildman–Crippen MR) is 107 cm³/mol. The molecule has 0 aromatic heterocycles. The molecule has 1 heterocycles. The Kier molecular flexibility index (Phi) is 6.88. The van der Waals surface area contributed by atoms with Crippen molar-refractivity contribution < 1.29 is 14.0 Å². The molecule has 2 aromatic rings. The highest BCUT2D eigenvalue weighted by atomic mass is 35.5. The SMILES string of the molecule is O=C(CN1CCN(C(=O)c2ccc(Cl)cc2Cl)CC1)NCc1ccccc1F. The minimum Gasteiger partial charge on any atom is -0.351 e. The third kappa shape index (κ3) is 5.22. The number of rotatable bonds is 5. The second kappa shape index (κ2) is 9.37. The molecule has 1 fully saturated rings. The Bertz CT molecular complexity index is 870. The van der Waals surface area contributed by atoms with Gasteiger partial charge in [0.2, 0.25) is 5.91 Å². The molecule has 3 rings (SSSR count). The van der Waals surface area contributed by atoms with Crippen LogP contribution in [0, 0.1) is 5.82 Å². The van der Waals surface area contributed by atoms with E-state index in [1.807, 2.05) is 4.90 Å². The van der Waals surface area contributed by atoms with Crippen LogP contribution in [0.2, 0.25) is 10.0 Å². The first kappa shape index (κ1) is 20.6. The molecule has 0 saturated carbocycles. The lowest BCUT2D eigenvalue weighted by molar-refractivity contribution is -0.122. The minimum atomic E-state index is -0.337. The number of piperazine rings is 1. The smallest absolute Gasteiger partial charge is 0.255 e. The average molecular weight is 424 g/mol. The summed E-state index contributed by atoms with van der Waals surface area (Å²) in [5.41, 5.74) is 0.869. The van der Waals surface area contributed by atoms with E-state index in [2.05, 4.69) is 5.32 Å². The van der Waals surface area contributed by atoms with Gasteiger partial charge in [0.1, 0.15) is 5.82 Å². The van der Waals surface area contributed by atoms with Gasteiger partial charge in [0.25, 0.3) is 5.91 Å². The van der Waals surface area contributed by atoms with Gasteiger partial charge in [-0.2, -0.15) is 0 Å². The zero-order valence-corrected chi connectivity index (χ0v) is 16.6. The first-order valence-electron chi connectivity index (χ1n) is 8.91. The van der Waals surface area contributed by atoms with Crippen molar-refractivity contribution in [3.8, 4) is 0 Å². The maximum atomic E-state index is 13.6. The molecule has 148 valence electrons. The number of hydrogen-bond acceptors (Lipinski definition) is 3. The van der Waals surface area contributed by atoms with Crippen molar-refractivity contribution in [2.45, 2.75) is 6.54 Å². The number of hydrogen-bond donors (Lipinski definition) is 1. The molecule has 0 bridgehead atoms. The van der Waals surface area contributed by atoms with E-state index >= 15 is 0 Å². The van der Waals surface area contributed by atoms with Crippen molar-refractivity contribution in [3.63, 3.8) is 0 Å². The molecule has 2 aromatic carbocycles. The Balaban J connectivity index is 1.46. The molecular weight excluding hydrogens is 404 g/mol. The van der Waals surface area contributed by atoms with Crippen molar-refractivity contribution in [2.24, 2.45) is 0 Å². The number of carbonyl (C=O) groups is 2. The van der Waals surface area contributed by atoms with Gasteiger partial charge in [-0.05, 0) is 24.3 Å². The van der Waals surface area contributed by atoms with Crippen LogP contribution in [-0.4, -0.2) is 54.3 Å². The second-order valence-corrected chi connectivity index (χ2v) is 7.40. The molecule has 1 saturated heterocycles. The Hall–Kier alpha value is -2.15. The van der Waals surface area contributed by atoms with Gasteiger partial charge in [0, 0.05) is 43.3 Å². The number of benzene rings is 2. The summed E-state index contributed by atoms with van der Waals surface area (Å²) < 4.78 is 13.6. The molecule has 0 unspecified atom stereocenters. The molecule has 1 aliphatic heterocycles. The molecule has 0 atom stereocenters. The van der Waals surface area contributed by atoms with E-state index in [-0.39, 0.29) is 30.7 Å². The minimum absolute atomic E-state index is 0.148. The second-order valence-electron chi connectivity index (χ2n) is 6.56. The van der Waals surface area contributed by atoms with Gasteiger partial charge in [-0.15, -0.1) is 0 Å². The van der Waals surface area contributed by atoms with Crippen LogP contribution in [-0.2, 0) is 11.3 Å². The van der Waals surface area contributed by atoms with E-state index in [1.54, 1.807) is 41.3 Å². The maximum Gasteiger partial charge on any atom is 0.255 e. The lowest BCUT2D eigenvalue weighted by Gasteiger charge is -2.34. The summed E-state index contributed by atoms with van der Waals surface area (Å²) in [5, 5.41) is 3.53. The van der Waals surface area contributed by atoms with Crippen LogP contribution >= 0.6 is 23.2 Å². The van der Waals surface area contributed by atoms with Gasteiger partial charge < -0.3 is 10.2 Å². The average Bonchev–Trinajstić information content (AvgIpc) is 2.67. The molecular formula is C20H20Cl2FN3O2. The number of nitrogens with zero attached hydrogens (tertiary/aromatic N) is 2. The monoisotopic (exact) mass is 423 g/mol. The molecule has 8 heteroatoms. The molecule has 1 aliphatic rings. The van der Waals surface area contributed by atoms with Gasteiger partial charge >= 0.3 is 0 Å². The zero-order valence-electron chi connectivity index (χ0n) is 15.1. The molecule has 0 radical (unpaired) electrons. The third-order valence-electron chi connectivity index (χ3n) is 4.62. The fourth-order valence-corrected chi connectivity index (χ4v) is 3.53. The summed E-state index contributed by atoms with van der Waals surface area (Å²) in [6, 6.07) is 11.2. The van der Waals surface area contributed by atoms with Crippen LogP contribution in [0.1, 0.15) is 15.9 Å². The number of amides is 2. The summed E-state index contributed by atoms with van der Waals surface area (Å²) in [5.74, 6) is -0.662. The van der Waals surface area contributed by atoms with E-state index in [4.69, 9.17) is 23.2 Å². The summed E-state index contributed by atoms with van der Waals surface area (Å²) in [6.07, 6.45) is 0. The lowest BCUT2D eigenvalue weighted by Crippen LogP contribution is -2.51. The fourth-order valence-electron chi connectivity index (χ4n) is 3.04. The predicted octanol–water partition coefficient (Wildman–Crippen LogP) is 3.21. The van der Waals surface area contributed by atoms with E-state index in [9.17, 15) is 14.0 Å². The number of carbonyl (C=O) groups excluding carboxylic acids is 2. The Morgan fingerprint density at radius 3 is 2.43 bits per heavy atom. The molecule has 1 N–H and O–H groups in total. The summed E-state index contributed by atoms with van der Waals surface area (Å²) in [6.45, 7) is 2.50. The third-order valence-corrected chi connectivity index (χ3v) is 5.17. The topological polar surface area (TPSA) is 52.7 Å². The highest BCUT2D eigenvalue weighted by molar-refractivity contribution is 6.36. The van der Waals surface area contributed by atoms with Crippen molar-refractivity contribution in [1.29, 1.82) is 0 Å². The van der Waals surface area contributed by atoms with Gasteiger partial charge in [0.05, 0.1) is 17.1 Å². The normalized spacial score (nSPS) is 14.8. The van der Waals surface area contributed by atoms with Crippen LogP contribution in [0.15, 0.2) is 42.5 Å². The van der Waals surface area contributed by atoms with E-state index in [0.29, 0.717) is 47.4 Å². The first-order chi connectivity index (χ1) is 13.4. The standard InChI is InChI=1S/C20H20Cl2FN3O2/c21-15-5-6-16(17(22)11-15)20(28)26-9-7-25(8-10-26)13-19(27)24-12-14-3-1-2-4-18(14)23/h1-6,11H,7-10,12-13H2,(H,24,27). The first-order valence-corrected chi connectivity index (χ1v) is 9.66. The molecule has 0 spiro atoms. The Morgan fingerprint density at radius 1 is 1.04 bits per heavy atom. The van der Waals surface area contributed by atoms with Crippen LogP contribution in [0.5, 0.6) is 0 Å². The quantitative estimate of drug-likeness (QED) is 0.802. The van der Waals surface area contributed by atoms with Crippen molar-refractivity contribution >= 4 is 35.0 Å². The Labute approximate surface area is 173 Å². The van der Waals surface area contributed by atoms with Crippen LogP contribution in [0.25, 0.3) is 0 Å². The van der Waals surface area contributed by atoms with Gasteiger partial charge in [-0.25, -0.2) is 4.39 Å². The number of nitrogens with one attached hydrogen (secondary N) is 1. The van der Waals surface area contributed by atoms with Crippen molar-refractivity contribution in [3.05, 3.63) is 69.5 Å². The highest BCUT2D eigenvalue weighted by Crippen LogP contribution is 2.22. The van der Waals surface area contributed by atoms with Crippen LogP contribution < -0.4 is 5.32 Å². The molecule has 28 heavy (non-hydrogen) atoms.